The van der Waals surface area contributed by atoms with Crippen molar-refractivity contribution in [1.82, 2.24) is 19.4 Å². The van der Waals surface area contributed by atoms with E-state index in [4.69, 9.17) is 9.72 Å². The zero-order chi connectivity index (χ0) is 30.6. The summed E-state index contributed by atoms with van der Waals surface area (Å²) in [4.78, 5) is 38.6. The molecule has 0 aliphatic rings. The number of likely N-dealkylation sites (N-methyl/N-ethyl adjacent to an activating group) is 2. The molecule has 2 aromatic heterocycles. The van der Waals surface area contributed by atoms with E-state index in [9.17, 15) is 9.59 Å². The molecular weight excluding hydrogens is 530 g/mol. The molecule has 0 bridgehead atoms. The van der Waals surface area contributed by atoms with E-state index in [-0.39, 0.29) is 18.0 Å². The third-order valence-electron chi connectivity index (χ3n) is 6.82. The lowest BCUT2D eigenvalue weighted by atomic mass is 10.1. The fraction of sp³-hybridized carbons (Fsp3) is 0.312. The largest absolute Gasteiger partial charge is 0.459 e. The fourth-order valence-electron chi connectivity index (χ4n) is 4.70. The Morgan fingerprint density at radius 1 is 1.12 bits per heavy atom. The van der Waals surface area contributed by atoms with Crippen molar-refractivity contribution >= 4 is 45.8 Å². The number of aryl methyl sites for hydroxylation is 2. The van der Waals surface area contributed by atoms with Crippen LogP contribution in [0.3, 0.4) is 0 Å². The minimum Gasteiger partial charge on any atom is -0.459 e. The lowest BCUT2D eigenvalue weighted by molar-refractivity contribution is -0.111. The number of ether oxygens (including phenoxy) is 1. The summed E-state index contributed by atoms with van der Waals surface area (Å²) in [7, 11) is 7.95. The van der Waals surface area contributed by atoms with Crippen LogP contribution in [-0.2, 0) is 16.6 Å². The Bertz CT molecular complexity index is 1620. The van der Waals surface area contributed by atoms with Gasteiger partial charge in [0.15, 0.2) is 0 Å². The highest BCUT2D eigenvalue weighted by atomic mass is 16.5. The quantitative estimate of drug-likeness (QED) is 0.183. The highest BCUT2D eigenvalue weighted by molar-refractivity contribution is 6.07. The molecule has 2 N–H and O–H groups in total. The van der Waals surface area contributed by atoms with Gasteiger partial charge in [-0.2, -0.15) is 0 Å². The van der Waals surface area contributed by atoms with Gasteiger partial charge in [-0.3, -0.25) is 4.79 Å². The number of rotatable bonds is 11. The zero-order valence-electron chi connectivity index (χ0n) is 25.4. The highest BCUT2D eigenvalue weighted by Crippen LogP contribution is 2.35. The van der Waals surface area contributed by atoms with Crippen molar-refractivity contribution in [2.24, 2.45) is 7.05 Å². The van der Waals surface area contributed by atoms with Crippen molar-refractivity contribution in [3.63, 3.8) is 0 Å². The van der Waals surface area contributed by atoms with Gasteiger partial charge in [-0.15, -0.1) is 0 Å². The van der Waals surface area contributed by atoms with Crippen molar-refractivity contribution in [2.75, 3.05) is 49.8 Å². The molecule has 0 aliphatic carbocycles. The van der Waals surface area contributed by atoms with E-state index < -0.39 is 0 Å². The number of benzene rings is 2. The third kappa shape index (κ3) is 6.77. The summed E-state index contributed by atoms with van der Waals surface area (Å²) < 4.78 is 7.39. The van der Waals surface area contributed by atoms with Crippen molar-refractivity contribution in [2.45, 2.75) is 26.9 Å². The van der Waals surface area contributed by atoms with Crippen LogP contribution in [0.25, 0.3) is 22.2 Å². The summed E-state index contributed by atoms with van der Waals surface area (Å²) >= 11 is 0. The Labute approximate surface area is 247 Å². The second-order valence-corrected chi connectivity index (χ2v) is 10.8. The minimum absolute atomic E-state index is 0.218. The van der Waals surface area contributed by atoms with Crippen molar-refractivity contribution in [1.29, 1.82) is 0 Å². The first kappa shape index (κ1) is 30.3. The van der Waals surface area contributed by atoms with E-state index >= 15 is 0 Å². The molecule has 10 nitrogen and oxygen atoms in total. The standard InChI is InChI=1S/C32H39N7O3/c1-9-29(40)34-27-18-26(21(4)17-28(27)38(7)16-15-37(5)6)36-32-33-14-13-25(35-32)24-19-39(8)30-22(24)11-10-12-23(30)31(41)42-20(2)3/h9-14,17-20H,1,15-16H2,2-8H3,(H,34,40)(H,33,35,36). The summed E-state index contributed by atoms with van der Waals surface area (Å²) in [6.45, 7) is 10.9. The Kier molecular flexibility index (Phi) is 9.27. The Hall–Kier alpha value is -4.70. The number of esters is 1. The molecule has 0 saturated carbocycles. The predicted octanol–water partition coefficient (Wildman–Crippen LogP) is 5.37. The molecule has 10 heteroatoms. The van der Waals surface area contributed by atoms with Crippen LogP contribution in [-0.4, -0.2) is 71.6 Å². The van der Waals surface area contributed by atoms with Gasteiger partial charge < -0.3 is 29.7 Å². The molecule has 2 heterocycles. The molecule has 4 aromatic rings. The van der Waals surface area contributed by atoms with Crippen LogP contribution < -0.4 is 15.5 Å². The van der Waals surface area contributed by atoms with Gasteiger partial charge in [0.25, 0.3) is 0 Å². The van der Waals surface area contributed by atoms with E-state index in [0.717, 1.165) is 46.5 Å². The molecule has 4 rings (SSSR count). The lowest BCUT2D eigenvalue weighted by Gasteiger charge is -2.25. The molecule has 0 aliphatic heterocycles. The number of hydrogen-bond acceptors (Lipinski definition) is 8. The van der Waals surface area contributed by atoms with Crippen LogP contribution in [0.5, 0.6) is 0 Å². The van der Waals surface area contributed by atoms with Crippen LogP contribution in [0.2, 0.25) is 0 Å². The van der Waals surface area contributed by atoms with E-state index in [1.165, 1.54) is 6.08 Å². The molecular formula is C32H39N7O3. The molecule has 0 unspecified atom stereocenters. The number of fused-ring (bicyclic) bond motifs is 1. The molecule has 0 spiro atoms. The topological polar surface area (TPSA) is 105 Å². The summed E-state index contributed by atoms with van der Waals surface area (Å²) in [5.41, 5.74) is 6.11. The number of para-hydroxylation sites is 1. The van der Waals surface area contributed by atoms with Crippen LogP contribution in [0.15, 0.2) is 61.4 Å². The normalized spacial score (nSPS) is 11.2. The van der Waals surface area contributed by atoms with Crippen LogP contribution in [0.4, 0.5) is 23.0 Å². The lowest BCUT2D eigenvalue weighted by Crippen LogP contribution is -2.29. The number of nitrogens with one attached hydrogen (secondary N) is 2. The number of nitrogens with zero attached hydrogens (tertiary/aromatic N) is 5. The first-order valence-corrected chi connectivity index (χ1v) is 13.8. The molecule has 42 heavy (non-hydrogen) atoms. The number of hydrogen-bond donors (Lipinski definition) is 2. The zero-order valence-corrected chi connectivity index (χ0v) is 25.4. The maximum absolute atomic E-state index is 12.8. The van der Waals surface area contributed by atoms with Gasteiger partial charge in [0.05, 0.1) is 34.3 Å². The van der Waals surface area contributed by atoms with Crippen molar-refractivity contribution in [3.05, 3.63) is 72.6 Å². The first-order chi connectivity index (χ1) is 20.0. The molecule has 0 fully saturated rings. The Morgan fingerprint density at radius 2 is 1.88 bits per heavy atom. The average Bonchev–Trinajstić information content (AvgIpc) is 3.29. The maximum atomic E-state index is 12.8. The molecule has 2 aromatic carbocycles. The highest BCUT2D eigenvalue weighted by Gasteiger charge is 2.20. The molecule has 0 radical (unpaired) electrons. The van der Waals surface area contributed by atoms with Crippen LogP contribution >= 0.6 is 0 Å². The number of amides is 1. The smallest absolute Gasteiger partial charge is 0.340 e. The Morgan fingerprint density at radius 3 is 2.57 bits per heavy atom. The van der Waals surface area contributed by atoms with E-state index in [0.29, 0.717) is 22.9 Å². The SMILES string of the molecule is C=CC(=O)Nc1cc(Nc2nccc(-c3cn(C)c4c(C(=O)OC(C)C)cccc34)n2)c(C)cc1N(C)CCN(C)C. The average molecular weight is 570 g/mol. The van der Waals surface area contributed by atoms with E-state index in [1.807, 2.05) is 90.1 Å². The van der Waals surface area contributed by atoms with Gasteiger partial charge in [-0.25, -0.2) is 14.8 Å². The van der Waals surface area contributed by atoms with E-state index in [2.05, 4.69) is 32.0 Å². The monoisotopic (exact) mass is 569 g/mol. The summed E-state index contributed by atoms with van der Waals surface area (Å²) in [5.74, 6) is -0.255. The number of anilines is 4. The van der Waals surface area contributed by atoms with Gasteiger partial charge in [0, 0.05) is 56.2 Å². The van der Waals surface area contributed by atoms with Gasteiger partial charge >= 0.3 is 5.97 Å². The molecule has 220 valence electrons. The second kappa shape index (κ2) is 12.9. The first-order valence-electron chi connectivity index (χ1n) is 13.8. The molecule has 0 saturated heterocycles. The van der Waals surface area contributed by atoms with Gasteiger partial charge in [0.2, 0.25) is 11.9 Å². The fourth-order valence-corrected chi connectivity index (χ4v) is 4.70. The third-order valence-corrected chi connectivity index (χ3v) is 6.82. The Balaban J connectivity index is 1.69. The molecule has 1 amide bonds. The van der Waals surface area contributed by atoms with Crippen molar-refractivity contribution in [3.8, 4) is 11.3 Å². The van der Waals surface area contributed by atoms with Gasteiger partial charge in [-0.05, 0) is 70.8 Å². The summed E-state index contributed by atoms with van der Waals surface area (Å²) in [5, 5.41) is 7.15. The predicted molar refractivity (Wildman–Crippen MR) is 170 cm³/mol. The van der Waals surface area contributed by atoms with Gasteiger partial charge in [-0.1, -0.05) is 18.7 Å². The van der Waals surface area contributed by atoms with Crippen LogP contribution in [0.1, 0.15) is 29.8 Å². The van der Waals surface area contributed by atoms with Crippen LogP contribution in [0, 0.1) is 6.92 Å². The van der Waals surface area contributed by atoms with Crippen molar-refractivity contribution < 1.29 is 14.3 Å². The van der Waals surface area contributed by atoms with Gasteiger partial charge in [0.1, 0.15) is 0 Å². The maximum Gasteiger partial charge on any atom is 0.340 e. The summed E-state index contributed by atoms with van der Waals surface area (Å²) in [6, 6.07) is 11.3. The molecule has 0 atom stereocenters. The number of carbonyl (C=O) groups excluding carboxylic acids is 2. The number of carbonyl (C=O) groups is 2. The number of aromatic nitrogens is 3. The second-order valence-electron chi connectivity index (χ2n) is 10.8. The summed E-state index contributed by atoms with van der Waals surface area (Å²) in [6.07, 6.45) is 4.68. The minimum atomic E-state index is -0.362. The van der Waals surface area contributed by atoms with E-state index in [1.54, 1.807) is 12.3 Å².